The van der Waals surface area contributed by atoms with E-state index in [4.69, 9.17) is 11.6 Å². The molecule has 0 atom stereocenters. The van der Waals surface area contributed by atoms with Gasteiger partial charge in [0.25, 0.3) is 5.91 Å². The van der Waals surface area contributed by atoms with Gasteiger partial charge in [-0.3, -0.25) is 4.79 Å². The van der Waals surface area contributed by atoms with Gasteiger partial charge in [-0.1, -0.05) is 51.8 Å². The van der Waals surface area contributed by atoms with Crippen molar-refractivity contribution in [3.05, 3.63) is 63.4 Å². The number of sulfone groups is 1. The first-order valence-corrected chi connectivity index (χ1v) is 14.8. The van der Waals surface area contributed by atoms with E-state index in [2.05, 4.69) is 21.2 Å². The van der Waals surface area contributed by atoms with Crippen molar-refractivity contribution in [3.63, 3.8) is 0 Å². The molecule has 2 aromatic carbocycles. The molecule has 0 aliphatic carbocycles. The number of amides is 1. The summed E-state index contributed by atoms with van der Waals surface area (Å²) in [6.45, 7) is -0.535. The molecule has 12 heteroatoms. The molecule has 0 unspecified atom stereocenters. The summed E-state index contributed by atoms with van der Waals surface area (Å²) in [6.07, 6.45) is 1.55. The van der Waals surface area contributed by atoms with Gasteiger partial charge in [-0.05, 0) is 24.3 Å². The summed E-state index contributed by atoms with van der Waals surface area (Å²) in [5, 5.41) is 3.65. The van der Waals surface area contributed by atoms with Crippen molar-refractivity contribution in [1.82, 2.24) is 9.62 Å². The number of carbonyl (C=O) groups is 1. The molecule has 1 aliphatic rings. The van der Waals surface area contributed by atoms with E-state index < -0.39 is 31.4 Å². The summed E-state index contributed by atoms with van der Waals surface area (Å²) >= 11 is 9.68. The van der Waals surface area contributed by atoms with Gasteiger partial charge in [-0.2, -0.15) is 4.31 Å². The van der Waals surface area contributed by atoms with E-state index >= 15 is 4.39 Å². The Labute approximate surface area is 212 Å². The van der Waals surface area contributed by atoms with Crippen molar-refractivity contribution in [1.29, 1.82) is 0 Å². The molecule has 0 saturated carbocycles. The summed E-state index contributed by atoms with van der Waals surface area (Å²) in [7, 11) is -7.36. The zero-order chi connectivity index (χ0) is 25.1. The average molecular weight is 594 g/mol. The van der Waals surface area contributed by atoms with E-state index in [-0.39, 0.29) is 37.4 Å². The number of piperidine rings is 1. The monoisotopic (exact) mass is 592 g/mol. The molecule has 1 fully saturated rings. The third-order valence-corrected chi connectivity index (χ3v) is 8.84. The van der Waals surface area contributed by atoms with Gasteiger partial charge in [-0.25, -0.2) is 21.2 Å². The quantitative estimate of drug-likeness (QED) is 0.524. The van der Waals surface area contributed by atoms with E-state index in [9.17, 15) is 21.6 Å². The van der Waals surface area contributed by atoms with Crippen molar-refractivity contribution in [2.24, 2.45) is 0 Å². The van der Waals surface area contributed by atoms with Crippen LogP contribution in [-0.2, 0) is 24.7 Å². The highest BCUT2D eigenvalue weighted by Crippen LogP contribution is 2.37. The van der Waals surface area contributed by atoms with Crippen molar-refractivity contribution in [2.45, 2.75) is 23.4 Å². The molecule has 3 rings (SSSR count). The molecule has 1 N–H and O–H groups in total. The minimum atomic E-state index is -4.01. The van der Waals surface area contributed by atoms with Crippen LogP contribution in [0.2, 0.25) is 5.02 Å². The Morgan fingerprint density at radius 2 is 1.79 bits per heavy atom. The Bertz CT molecular complexity index is 1320. The second-order valence-electron chi connectivity index (χ2n) is 7.90. The van der Waals surface area contributed by atoms with Crippen LogP contribution >= 0.6 is 27.5 Å². The predicted octanol–water partition coefficient (Wildman–Crippen LogP) is 3.94. The lowest BCUT2D eigenvalue weighted by atomic mass is 9.93. The Hall–Kier alpha value is -1.79. The summed E-state index contributed by atoms with van der Waals surface area (Å²) < 4.78 is 66.2. The molecule has 34 heavy (non-hydrogen) atoms. The summed E-state index contributed by atoms with van der Waals surface area (Å²) in [4.78, 5) is 12.4. The number of sulfonamides is 1. The smallest absolute Gasteiger partial charge is 0.258 e. The highest BCUT2D eigenvalue weighted by atomic mass is 79.9. The second kappa shape index (κ2) is 10.4. The van der Waals surface area contributed by atoms with Crippen LogP contribution in [0.15, 0.2) is 63.3 Å². The number of hydrogen-bond donors (Lipinski definition) is 1. The van der Waals surface area contributed by atoms with Crippen LogP contribution < -0.4 is 5.32 Å². The molecular weight excluding hydrogens is 571 g/mol. The minimum absolute atomic E-state index is 0.0329. The summed E-state index contributed by atoms with van der Waals surface area (Å²) in [6, 6.07) is 11.6. The average Bonchev–Trinajstić information content (AvgIpc) is 2.76. The normalized spacial score (nSPS) is 17.1. The van der Waals surface area contributed by atoms with Crippen LogP contribution in [-0.4, -0.2) is 58.6 Å². The summed E-state index contributed by atoms with van der Waals surface area (Å²) in [5.74, 6) is -0.900. The van der Waals surface area contributed by atoms with E-state index in [1.165, 1.54) is 12.1 Å². The number of nitrogens with one attached hydrogen (secondary N) is 1. The topological polar surface area (TPSA) is 101 Å². The van der Waals surface area contributed by atoms with Gasteiger partial charge in [0.2, 0.25) is 10.0 Å². The third kappa shape index (κ3) is 6.25. The van der Waals surface area contributed by atoms with Gasteiger partial charge in [0.15, 0.2) is 15.5 Å². The van der Waals surface area contributed by atoms with Crippen LogP contribution in [0.4, 0.5) is 4.39 Å². The lowest BCUT2D eigenvalue weighted by molar-refractivity contribution is -0.135. The van der Waals surface area contributed by atoms with Crippen LogP contribution in [0.5, 0.6) is 0 Å². The zero-order valence-corrected chi connectivity index (χ0v) is 22.1. The largest absolute Gasteiger partial charge is 0.350 e. The lowest BCUT2D eigenvalue weighted by Gasteiger charge is -2.35. The van der Waals surface area contributed by atoms with E-state index in [0.29, 0.717) is 20.6 Å². The molecule has 1 heterocycles. The maximum Gasteiger partial charge on any atom is 0.258 e. The van der Waals surface area contributed by atoms with Crippen LogP contribution in [0.25, 0.3) is 11.1 Å². The second-order valence-corrected chi connectivity index (χ2v) is 13.1. The van der Waals surface area contributed by atoms with Crippen molar-refractivity contribution in [3.8, 4) is 11.1 Å². The molecule has 0 aromatic heterocycles. The van der Waals surface area contributed by atoms with E-state index in [1.807, 2.05) is 0 Å². The first-order valence-electron chi connectivity index (χ1n) is 10.2. The number of carbonyl (C=O) groups excluding carboxylic acids is 1. The SMILES string of the molecule is CS(=O)(=O)/C=C/CNC(=O)C1(F)CCN(S(=O)(=O)c2ccc(Br)cc2-c2ccccc2Cl)CC1. The highest BCUT2D eigenvalue weighted by molar-refractivity contribution is 9.10. The maximum atomic E-state index is 15.2. The molecule has 0 spiro atoms. The van der Waals surface area contributed by atoms with Crippen molar-refractivity contribution >= 4 is 53.3 Å². The first kappa shape index (κ1) is 26.8. The Morgan fingerprint density at radius 3 is 2.41 bits per heavy atom. The fourth-order valence-electron chi connectivity index (χ4n) is 3.60. The number of nitrogens with zero attached hydrogens (tertiary/aromatic N) is 1. The zero-order valence-electron chi connectivity index (χ0n) is 18.2. The Balaban J connectivity index is 1.78. The first-order chi connectivity index (χ1) is 15.8. The molecule has 7 nitrogen and oxygen atoms in total. The number of hydrogen-bond acceptors (Lipinski definition) is 5. The molecule has 0 bridgehead atoms. The minimum Gasteiger partial charge on any atom is -0.350 e. The lowest BCUT2D eigenvalue weighted by Crippen LogP contribution is -2.52. The van der Waals surface area contributed by atoms with Crippen LogP contribution in [0.3, 0.4) is 0 Å². The van der Waals surface area contributed by atoms with Gasteiger partial charge >= 0.3 is 0 Å². The van der Waals surface area contributed by atoms with Gasteiger partial charge in [-0.15, -0.1) is 0 Å². The third-order valence-electron chi connectivity index (χ3n) is 5.37. The molecule has 1 aliphatic heterocycles. The van der Waals surface area contributed by atoms with Gasteiger partial charge in [0.1, 0.15) is 0 Å². The Morgan fingerprint density at radius 1 is 1.15 bits per heavy atom. The molecule has 0 radical (unpaired) electrons. The highest BCUT2D eigenvalue weighted by Gasteiger charge is 2.44. The number of benzene rings is 2. The molecular formula is C22H23BrClFN2O5S2. The number of alkyl halides is 1. The fraction of sp³-hybridized carbons (Fsp3) is 0.318. The predicted molar refractivity (Wildman–Crippen MR) is 133 cm³/mol. The molecule has 2 aromatic rings. The van der Waals surface area contributed by atoms with Crippen LogP contribution in [0, 0.1) is 0 Å². The maximum absolute atomic E-state index is 15.2. The van der Waals surface area contributed by atoms with E-state index in [0.717, 1.165) is 16.0 Å². The molecule has 1 amide bonds. The van der Waals surface area contributed by atoms with E-state index in [1.54, 1.807) is 36.4 Å². The Kier molecular flexibility index (Phi) is 8.24. The molecule has 184 valence electrons. The summed E-state index contributed by atoms with van der Waals surface area (Å²) in [5.41, 5.74) is -1.30. The van der Waals surface area contributed by atoms with Crippen LogP contribution in [0.1, 0.15) is 12.8 Å². The van der Waals surface area contributed by atoms with Crippen molar-refractivity contribution < 1.29 is 26.0 Å². The van der Waals surface area contributed by atoms with Gasteiger partial charge in [0, 0.05) is 64.8 Å². The fourth-order valence-corrected chi connectivity index (χ4v) is 6.27. The standard InChI is InChI=1S/C22H23BrClFN2O5S2/c1-33(29,30)14-4-11-26-21(28)22(25)9-12-27(13-10-22)34(31,32)20-8-7-16(23)15-18(20)17-5-2-3-6-19(17)24/h2-8,14-15H,9-13H2,1H3,(H,26,28)/b14-4+. The van der Waals surface area contributed by atoms with Gasteiger partial charge in [0.05, 0.1) is 4.90 Å². The molecule has 1 saturated heterocycles. The number of rotatable bonds is 7. The van der Waals surface area contributed by atoms with Gasteiger partial charge < -0.3 is 5.32 Å². The van der Waals surface area contributed by atoms with Crippen molar-refractivity contribution in [2.75, 3.05) is 25.9 Å². The number of halogens is 3.